The number of quaternary nitrogens is 1. The highest BCUT2D eigenvalue weighted by Gasteiger charge is 2.34. The molecule has 134 valence electrons. The Morgan fingerprint density at radius 1 is 1.08 bits per heavy atom. The van der Waals surface area contributed by atoms with Crippen molar-refractivity contribution in [3.05, 3.63) is 52.2 Å². The van der Waals surface area contributed by atoms with Gasteiger partial charge in [0.25, 0.3) is 0 Å². The van der Waals surface area contributed by atoms with Crippen molar-refractivity contribution in [3.8, 4) is 23.0 Å². The molecule has 0 bridgehead atoms. The first-order valence-corrected chi connectivity index (χ1v) is 8.17. The second-order valence-electron chi connectivity index (χ2n) is 6.60. The van der Waals surface area contributed by atoms with Crippen LogP contribution >= 0.6 is 0 Å². The molecule has 1 aliphatic heterocycles. The number of ether oxygens (including phenoxy) is 2. The van der Waals surface area contributed by atoms with E-state index in [0.29, 0.717) is 30.9 Å². The fourth-order valence-corrected chi connectivity index (χ4v) is 3.50. The van der Waals surface area contributed by atoms with Crippen LogP contribution in [0.3, 0.4) is 0 Å². The Morgan fingerprint density at radius 2 is 1.76 bits per heavy atom. The van der Waals surface area contributed by atoms with E-state index in [9.17, 15) is 15.4 Å². The van der Waals surface area contributed by atoms with Crippen LogP contribution in [0.2, 0.25) is 0 Å². The molecule has 1 aliphatic rings. The van der Waals surface area contributed by atoms with Crippen molar-refractivity contribution in [1.82, 2.24) is 0 Å². The molecule has 2 aromatic carbocycles. The monoisotopic (exact) mass is 345 g/mol. The smallest absolute Gasteiger partial charge is 0.160 e. The first-order chi connectivity index (χ1) is 11.9. The first-order valence-electron chi connectivity index (χ1n) is 8.17. The zero-order valence-corrected chi connectivity index (χ0v) is 14.7. The van der Waals surface area contributed by atoms with Gasteiger partial charge in [-0.1, -0.05) is 6.07 Å². The van der Waals surface area contributed by atoms with Gasteiger partial charge in [0.15, 0.2) is 23.0 Å². The van der Waals surface area contributed by atoms with Crippen LogP contribution < -0.4 is 9.47 Å². The molecule has 2 N–H and O–H groups in total. The van der Waals surface area contributed by atoms with Crippen LogP contribution in [0.15, 0.2) is 30.3 Å². The maximum absolute atomic E-state index is 13.0. The molecule has 6 heteroatoms. The molecule has 0 radical (unpaired) electrons. The van der Waals surface area contributed by atoms with Gasteiger partial charge in [-0.3, -0.25) is 0 Å². The summed E-state index contributed by atoms with van der Waals surface area (Å²) in [5.41, 5.74) is 2.69. The molecule has 0 spiro atoms. The Morgan fingerprint density at radius 3 is 2.40 bits per heavy atom. The van der Waals surface area contributed by atoms with Crippen LogP contribution in [0.4, 0.5) is 0 Å². The molecule has 0 saturated heterocycles. The summed E-state index contributed by atoms with van der Waals surface area (Å²) in [6.07, 6.45) is 1.09. The number of methoxy groups -OCH3 is 2. The van der Waals surface area contributed by atoms with E-state index in [-0.39, 0.29) is 17.5 Å². The minimum atomic E-state index is -0.425. The number of aromatic hydroxyl groups is 2. The molecule has 0 fully saturated rings. The van der Waals surface area contributed by atoms with Crippen molar-refractivity contribution in [2.45, 2.75) is 18.9 Å². The molecule has 1 heterocycles. The van der Waals surface area contributed by atoms with Crippen LogP contribution in [0.5, 0.6) is 23.0 Å². The number of likely N-dealkylation sites (N-methyl/N-ethyl adjacent to an activating group) is 1. The van der Waals surface area contributed by atoms with Crippen molar-refractivity contribution >= 4 is 0 Å². The Bertz CT molecular complexity index is 788. The van der Waals surface area contributed by atoms with E-state index in [1.165, 1.54) is 14.2 Å². The molecular weight excluding hydrogens is 322 g/mol. The van der Waals surface area contributed by atoms with Crippen LogP contribution in [-0.2, 0) is 12.8 Å². The minimum absolute atomic E-state index is 0.0331. The fourth-order valence-electron chi connectivity index (χ4n) is 3.50. The van der Waals surface area contributed by atoms with Gasteiger partial charge in [-0.15, -0.1) is 0 Å². The lowest BCUT2D eigenvalue weighted by Gasteiger charge is -2.49. The maximum Gasteiger partial charge on any atom is 0.160 e. The average Bonchev–Trinajstić information content (AvgIpc) is 2.57. The molecule has 0 aromatic heterocycles. The van der Waals surface area contributed by atoms with Crippen molar-refractivity contribution < 1.29 is 24.3 Å². The lowest BCUT2D eigenvalue weighted by atomic mass is 9.88. The molecule has 0 saturated carbocycles. The minimum Gasteiger partial charge on any atom is -0.633 e. The Kier molecular flexibility index (Phi) is 4.49. The number of hydrogen-bond acceptors (Lipinski definition) is 5. The summed E-state index contributed by atoms with van der Waals surface area (Å²) < 4.78 is 9.82. The van der Waals surface area contributed by atoms with Gasteiger partial charge in [-0.2, -0.15) is 0 Å². The van der Waals surface area contributed by atoms with Gasteiger partial charge in [0, 0.05) is 18.4 Å². The van der Waals surface area contributed by atoms with Crippen LogP contribution in [-0.4, -0.2) is 42.7 Å². The standard InChI is InChI=1S/C19H23NO5/c1-20(23)7-6-13-10-19(25-3)17(22)11-14(13)15(20)8-12-4-5-18(24-2)16(21)9-12/h4-5,9-11,15,21-22H,6-8H2,1-3H3/t15-,20?/m1/s1. The lowest BCUT2D eigenvalue weighted by Crippen LogP contribution is -2.47. The van der Waals surface area contributed by atoms with Gasteiger partial charge in [-0.25, -0.2) is 0 Å². The highest BCUT2D eigenvalue weighted by Crippen LogP contribution is 2.42. The van der Waals surface area contributed by atoms with Crippen LogP contribution in [0, 0.1) is 5.21 Å². The number of rotatable bonds is 4. The summed E-state index contributed by atoms with van der Waals surface area (Å²) in [6, 6.07) is 8.23. The van der Waals surface area contributed by atoms with Crippen molar-refractivity contribution in [2.75, 3.05) is 27.8 Å². The molecular formula is C19H23NO5. The van der Waals surface area contributed by atoms with Gasteiger partial charge in [0.1, 0.15) is 6.04 Å². The first kappa shape index (κ1) is 17.4. The van der Waals surface area contributed by atoms with Gasteiger partial charge >= 0.3 is 0 Å². The van der Waals surface area contributed by atoms with E-state index in [1.807, 2.05) is 12.1 Å². The van der Waals surface area contributed by atoms with Gasteiger partial charge < -0.3 is 29.5 Å². The fraction of sp³-hybridized carbons (Fsp3) is 0.368. The number of phenols is 2. The second kappa shape index (κ2) is 6.46. The van der Waals surface area contributed by atoms with Crippen molar-refractivity contribution in [3.63, 3.8) is 0 Å². The molecule has 1 unspecified atom stereocenters. The molecule has 2 aromatic rings. The van der Waals surface area contributed by atoms with Crippen LogP contribution in [0.25, 0.3) is 0 Å². The molecule has 25 heavy (non-hydrogen) atoms. The molecule has 6 nitrogen and oxygen atoms in total. The number of phenolic OH excluding ortho intramolecular Hbond substituents is 2. The maximum atomic E-state index is 13.0. The lowest BCUT2D eigenvalue weighted by molar-refractivity contribution is -0.894. The highest BCUT2D eigenvalue weighted by atomic mass is 16.5. The third-order valence-corrected chi connectivity index (χ3v) is 4.96. The Hall–Kier alpha value is -2.44. The number of fused-ring (bicyclic) bond motifs is 1. The molecule has 3 rings (SSSR count). The van der Waals surface area contributed by atoms with E-state index in [4.69, 9.17) is 9.47 Å². The van der Waals surface area contributed by atoms with Gasteiger partial charge in [0.05, 0.1) is 27.8 Å². The van der Waals surface area contributed by atoms with Crippen molar-refractivity contribution in [1.29, 1.82) is 0 Å². The second-order valence-corrected chi connectivity index (χ2v) is 6.60. The average molecular weight is 345 g/mol. The summed E-state index contributed by atoms with van der Waals surface area (Å²) in [5, 5.41) is 33.2. The zero-order chi connectivity index (χ0) is 18.2. The van der Waals surface area contributed by atoms with E-state index in [0.717, 1.165) is 16.7 Å². The topological polar surface area (TPSA) is 82.0 Å². The van der Waals surface area contributed by atoms with Gasteiger partial charge in [-0.05, 0) is 35.4 Å². The van der Waals surface area contributed by atoms with E-state index in [2.05, 4.69) is 0 Å². The normalized spacial score (nSPS) is 22.3. The quantitative estimate of drug-likeness (QED) is 0.658. The summed E-state index contributed by atoms with van der Waals surface area (Å²) in [5.74, 6) is 0.899. The third-order valence-electron chi connectivity index (χ3n) is 4.96. The summed E-state index contributed by atoms with van der Waals surface area (Å²) in [6.45, 7) is 0.452. The predicted octanol–water partition coefficient (Wildman–Crippen LogP) is 2.90. The Balaban J connectivity index is 2.00. The molecule has 0 aliphatic carbocycles. The number of hydroxylamine groups is 3. The van der Waals surface area contributed by atoms with E-state index in [1.54, 1.807) is 25.2 Å². The number of benzene rings is 2. The zero-order valence-electron chi connectivity index (χ0n) is 14.7. The van der Waals surface area contributed by atoms with E-state index < -0.39 is 4.65 Å². The van der Waals surface area contributed by atoms with E-state index >= 15 is 0 Å². The molecule has 2 atom stereocenters. The summed E-state index contributed by atoms with van der Waals surface area (Å²) in [4.78, 5) is 0. The summed E-state index contributed by atoms with van der Waals surface area (Å²) >= 11 is 0. The number of hydrogen-bond donors (Lipinski definition) is 2. The highest BCUT2D eigenvalue weighted by molar-refractivity contribution is 5.49. The molecule has 0 amide bonds. The van der Waals surface area contributed by atoms with Crippen molar-refractivity contribution in [2.24, 2.45) is 0 Å². The predicted molar refractivity (Wildman–Crippen MR) is 93.9 cm³/mol. The number of nitrogens with zero attached hydrogens (tertiary/aromatic N) is 1. The Labute approximate surface area is 147 Å². The summed E-state index contributed by atoms with van der Waals surface area (Å²) in [7, 11) is 4.65. The van der Waals surface area contributed by atoms with Crippen LogP contribution in [0.1, 0.15) is 22.7 Å². The largest absolute Gasteiger partial charge is 0.633 e. The third kappa shape index (κ3) is 3.23. The SMILES string of the molecule is COc1ccc(C[C@@H]2c3cc(O)c(OC)cc3CC[N+]2(C)[O-])cc1O. The van der Waals surface area contributed by atoms with Gasteiger partial charge in [0.2, 0.25) is 0 Å².